The van der Waals surface area contributed by atoms with Gasteiger partial charge in [-0.15, -0.1) is 0 Å². The van der Waals surface area contributed by atoms with Crippen LogP contribution in [-0.4, -0.2) is 44.0 Å². The minimum Gasteiger partial charge on any atom is -0.493 e. The number of benzene rings is 2. The number of hydrogen-bond donors (Lipinski definition) is 0. The van der Waals surface area contributed by atoms with Gasteiger partial charge in [0.15, 0.2) is 11.5 Å². The molecule has 0 bridgehead atoms. The Hall–Kier alpha value is -3.02. The molecule has 0 saturated carbocycles. The van der Waals surface area contributed by atoms with Gasteiger partial charge in [0.05, 0.1) is 26.3 Å². The van der Waals surface area contributed by atoms with E-state index in [4.69, 9.17) is 9.47 Å². The SMILES string of the molecule is COc1cc2c(cc1OC)CN(C(=O)c1cc3c4c(c1)CC(=O)N4CC3)CC2. The molecule has 2 aromatic carbocycles. The highest BCUT2D eigenvalue weighted by Gasteiger charge is 2.35. The highest BCUT2D eigenvalue weighted by atomic mass is 16.5. The maximum Gasteiger partial charge on any atom is 0.254 e. The van der Waals surface area contributed by atoms with Gasteiger partial charge in [0.1, 0.15) is 0 Å². The molecule has 0 aromatic heterocycles. The lowest BCUT2D eigenvalue weighted by Crippen LogP contribution is -2.36. The van der Waals surface area contributed by atoms with Crippen molar-refractivity contribution in [2.24, 2.45) is 0 Å². The molecule has 3 aliphatic rings. The fourth-order valence-corrected chi connectivity index (χ4v) is 4.65. The van der Waals surface area contributed by atoms with E-state index < -0.39 is 0 Å². The smallest absolute Gasteiger partial charge is 0.254 e. The highest BCUT2D eigenvalue weighted by molar-refractivity contribution is 6.05. The quantitative estimate of drug-likeness (QED) is 0.823. The summed E-state index contributed by atoms with van der Waals surface area (Å²) in [4.78, 5) is 29.1. The molecular formula is C22H22N2O4. The number of carbonyl (C=O) groups is 2. The van der Waals surface area contributed by atoms with Crippen LogP contribution in [0.3, 0.4) is 0 Å². The molecule has 2 aromatic rings. The lowest BCUT2D eigenvalue weighted by Gasteiger charge is -2.30. The van der Waals surface area contributed by atoms with Crippen molar-refractivity contribution >= 4 is 17.5 Å². The predicted molar refractivity (Wildman–Crippen MR) is 104 cm³/mol. The van der Waals surface area contributed by atoms with Crippen LogP contribution in [0.2, 0.25) is 0 Å². The first-order chi connectivity index (χ1) is 13.6. The molecule has 0 spiro atoms. The molecular weight excluding hydrogens is 356 g/mol. The zero-order valence-electron chi connectivity index (χ0n) is 16.1. The van der Waals surface area contributed by atoms with Crippen LogP contribution in [0.4, 0.5) is 5.69 Å². The van der Waals surface area contributed by atoms with Crippen LogP contribution in [0.1, 0.15) is 32.6 Å². The Kier molecular flexibility index (Phi) is 3.82. The van der Waals surface area contributed by atoms with Gasteiger partial charge in [-0.1, -0.05) is 0 Å². The van der Waals surface area contributed by atoms with Gasteiger partial charge in [-0.05, 0) is 59.4 Å². The molecule has 0 radical (unpaired) electrons. The molecule has 2 amide bonds. The number of anilines is 1. The predicted octanol–water partition coefficient (Wildman–Crippen LogP) is 2.35. The van der Waals surface area contributed by atoms with Crippen LogP contribution in [0, 0.1) is 0 Å². The minimum atomic E-state index is 0.0253. The summed E-state index contributed by atoms with van der Waals surface area (Å²) in [7, 11) is 3.25. The first-order valence-corrected chi connectivity index (χ1v) is 9.58. The van der Waals surface area contributed by atoms with Gasteiger partial charge in [0.2, 0.25) is 5.91 Å². The minimum absolute atomic E-state index is 0.0253. The Morgan fingerprint density at radius 3 is 2.32 bits per heavy atom. The summed E-state index contributed by atoms with van der Waals surface area (Å²) in [6, 6.07) is 7.86. The zero-order chi connectivity index (χ0) is 19.4. The van der Waals surface area contributed by atoms with Crippen molar-refractivity contribution in [1.29, 1.82) is 0 Å². The first-order valence-electron chi connectivity index (χ1n) is 9.58. The van der Waals surface area contributed by atoms with Crippen molar-refractivity contribution in [1.82, 2.24) is 4.90 Å². The van der Waals surface area contributed by atoms with Crippen LogP contribution in [0.15, 0.2) is 24.3 Å². The van der Waals surface area contributed by atoms with Gasteiger partial charge >= 0.3 is 0 Å². The summed E-state index contributed by atoms with van der Waals surface area (Å²) >= 11 is 0. The van der Waals surface area contributed by atoms with Gasteiger partial charge in [-0.3, -0.25) is 9.59 Å². The molecule has 144 valence electrons. The summed E-state index contributed by atoms with van der Waals surface area (Å²) < 4.78 is 10.8. The van der Waals surface area contributed by atoms with E-state index in [1.165, 1.54) is 5.56 Å². The van der Waals surface area contributed by atoms with Gasteiger partial charge < -0.3 is 19.3 Å². The van der Waals surface area contributed by atoms with E-state index in [0.717, 1.165) is 47.5 Å². The topological polar surface area (TPSA) is 59.1 Å². The number of ether oxygens (including phenoxy) is 2. The third-order valence-corrected chi connectivity index (χ3v) is 6.04. The molecule has 0 fully saturated rings. The van der Waals surface area contributed by atoms with Crippen LogP contribution >= 0.6 is 0 Å². The summed E-state index contributed by atoms with van der Waals surface area (Å²) in [5, 5.41) is 0. The van der Waals surface area contributed by atoms with E-state index in [-0.39, 0.29) is 11.8 Å². The van der Waals surface area contributed by atoms with Gasteiger partial charge in [0, 0.05) is 25.2 Å². The van der Waals surface area contributed by atoms with Crippen molar-refractivity contribution in [2.45, 2.75) is 25.8 Å². The molecule has 28 heavy (non-hydrogen) atoms. The number of carbonyl (C=O) groups excluding carboxylic acids is 2. The monoisotopic (exact) mass is 378 g/mol. The van der Waals surface area contributed by atoms with Crippen LogP contribution < -0.4 is 14.4 Å². The van der Waals surface area contributed by atoms with E-state index in [1.54, 1.807) is 14.2 Å². The zero-order valence-corrected chi connectivity index (χ0v) is 16.1. The van der Waals surface area contributed by atoms with E-state index in [1.807, 2.05) is 34.1 Å². The van der Waals surface area contributed by atoms with E-state index in [2.05, 4.69) is 0 Å². The highest BCUT2D eigenvalue weighted by Crippen LogP contribution is 2.39. The first kappa shape index (κ1) is 17.1. The molecule has 0 aliphatic carbocycles. The van der Waals surface area contributed by atoms with E-state index >= 15 is 0 Å². The van der Waals surface area contributed by atoms with Crippen LogP contribution in [0.25, 0.3) is 0 Å². The number of amides is 2. The average molecular weight is 378 g/mol. The largest absolute Gasteiger partial charge is 0.493 e. The maximum absolute atomic E-state index is 13.2. The van der Waals surface area contributed by atoms with E-state index in [9.17, 15) is 9.59 Å². The lowest BCUT2D eigenvalue weighted by atomic mass is 9.97. The Morgan fingerprint density at radius 2 is 1.57 bits per heavy atom. The standard InChI is InChI=1S/C22H22N2O4/c1-27-18-9-13-3-5-23(12-17(13)10-19(18)28-2)22(26)16-7-14-4-6-24-20(25)11-15(8-16)21(14)24/h7-10H,3-6,11-12H2,1-2H3. The molecule has 6 nitrogen and oxygen atoms in total. The van der Waals surface area contributed by atoms with Crippen molar-refractivity contribution in [2.75, 3.05) is 32.2 Å². The summed E-state index contributed by atoms with van der Waals surface area (Å²) in [6.07, 6.45) is 2.02. The summed E-state index contributed by atoms with van der Waals surface area (Å²) in [5.41, 5.74) is 6.12. The van der Waals surface area contributed by atoms with Crippen LogP contribution in [0.5, 0.6) is 11.5 Å². The van der Waals surface area contributed by atoms with E-state index in [0.29, 0.717) is 30.8 Å². The Morgan fingerprint density at radius 1 is 0.893 bits per heavy atom. The third kappa shape index (κ3) is 2.47. The molecule has 6 heteroatoms. The van der Waals surface area contributed by atoms with Gasteiger partial charge in [0.25, 0.3) is 5.91 Å². The Bertz CT molecular complexity index is 1010. The maximum atomic E-state index is 13.2. The fraction of sp³-hybridized carbons (Fsp3) is 0.364. The molecule has 3 aliphatic heterocycles. The Balaban J connectivity index is 1.44. The second-order valence-electron chi connectivity index (χ2n) is 7.57. The van der Waals surface area contributed by atoms with Gasteiger partial charge in [-0.25, -0.2) is 0 Å². The second kappa shape index (κ2) is 6.26. The number of methoxy groups -OCH3 is 2. The van der Waals surface area contributed by atoms with Gasteiger partial charge in [-0.2, -0.15) is 0 Å². The number of hydrogen-bond acceptors (Lipinski definition) is 4. The van der Waals surface area contributed by atoms with Crippen molar-refractivity contribution in [3.63, 3.8) is 0 Å². The fourth-order valence-electron chi connectivity index (χ4n) is 4.65. The average Bonchev–Trinajstić information content (AvgIpc) is 3.29. The molecule has 5 rings (SSSR count). The Labute approximate surface area is 163 Å². The third-order valence-electron chi connectivity index (χ3n) is 6.04. The van der Waals surface area contributed by atoms with Crippen LogP contribution in [-0.2, 0) is 30.6 Å². The molecule has 3 heterocycles. The van der Waals surface area contributed by atoms with Crippen molar-refractivity contribution in [3.05, 3.63) is 52.1 Å². The molecule has 0 atom stereocenters. The number of rotatable bonds is 3. The second-order valence-corrected chi connectivity index (χ2v) is 7.57. The molecule has 0 unspecified atom stereocenters. The number of nitrogens with zero attached hydrogens (tertiary/aromatic N) is 2. The number of fused-ring (bicyclic) bond motifs is 1. The molecule has 0 saturated heterocycles. The molecule has 0 N–H and O–H groups in total. The normalized spacial score (nSPS) is 16.9. The van der Waals surface area contributed by atoms with Crippen molar-refractivity contribution in [3.8, 4) is 11.5 Å². The van der Waals surface area contributed by atoms with Crippen molar-refractivity contribution < 1.29 is 19.1 Å². The summed E-state index contributed by atoms with van der Waals surface area (Å²) in [6.45, 7) is 1.95. The lowest BCUT2D eigenvalue weighted by molar-refractivity contribution is -0.117. The summed E-state index contributed by atoms with van der Waals surface area (Å²) in [5.74, 6) is 1.57.